The first-order valence-electron chi connectivity index (χ1n) is 10.5. The van der Waals surface area contributed by atoms with Crippen LogP contribution < -0.4 is 14.8 Å². The van der Waals surface area contributed by atoms with Gasteiger partial charge in [0.1, 0.15) is 12.4 Å². The van der Waals surface area contributed by atoms with Crippen molar-refractivity contribution < 1.29 is 18.7 Å². The van der Waals surface area contributed by atoms with Crippen LogP contribution in [0.4, 0.5) is 10.1 Å². The maximum absolute atomic E-state index is 13.5. The fourth-order valence-electron chi connectivity index (χ4n) is 3.04. The van der Waals surface area contributed by atoms with Crippen LogP contribution in [0.1, 0.15) is 23.9 Å². The number of carbonyl (C=O) groups is 1. The first kappa shape index (κ1) is 24.3. The minimum absolute atomic E-state index is 0.0958. The van der Waals surface area contributed by atoms with Gasteiger partial charge in [0.15, 0.2) is 22.5 Å². The molecule has 0 fully saturated rings. The van der Waals surface area contributed by atoms with Crippen LogP contribution in [0, 0.1) is 19.7 Å². The zero-order valence-corrected chi connectivity index (χ0v) is 19.7. The molecule has 174 valence electrons. The number of rotatable bonds is 11. The molecule has 1 heterocycles. The molecule has 0 bridgehead atoms. The highest BCUT2D eigenvalue weighted by atomic mass is 32.2. The van der Waals surface area contributed by atoms with Gasteiger partial charge in [-0.1, -0.05) is 30.0 Å². The lowest BCUT2D eigenvalue weighted by molar-refractivity contribution is -0.113. The Morgan fingerprint density at radius 1 is 1.18 bits per heavy atom. The summed E-state index contributed by atoms with van der Waals surface area (Å²) in [5.74, 6) is 1.32. The van der Waals surface area contributed by atoms with E-state index in [1.807, 2.05) is 36.6 Å². The number of aryl methyl sites for hydroxylation is 2. The van der Waals surface area contributed by atoms with E-state index in [0.29, 0.717) is 41.3 Å². The van der Waals surface area contributed by atoms with Crippen molar-refractivity contribution in [3.05, 3.63) is 71.8 Å². The Hall–Kier alpha value is -3.33. The molecule has 1 N–H and O–H groups in total. The molecule has 2 aromatic carbocycles. The topological polar surface area (TPSA) is 78.3 Å². The summed E-state index contributed by atoms with van der Waals surface area (Å²) in [6.45, 7) is 10.7. The van der Waals surface area contributed by atoms with Crippen molar-refractivity contribution in [1.82, 2.24) is 14.8 Å². The van der Waals surface area contributed by atoms with Gasteiger partial charge in [-0.2, -0.15) is 0 Å². The lowest BCUT2D eigenvalue weighted by Gasteiger charge is -2.13. The van der Waals surface area contributed by atoms with E-state index in [0.717, 1.165) is 11.1 Å². The fraction of sp³-hybridized carbons (Fsp3) is 0.292. The van der Waals surface area contributed by atoms with Crippen LogP contribution in [-0.2, 0) is 17.9 Å². The summed E-state index contributed by atoms with van der Waals surface area (Å²) in [7, 11) is 0. The summed E-state index contributed by atoms with van der Waals surface area (Å²) in [6, 6.07) is 10.0. The number of carbonyl (C=O) groups excluding carboxylic acids is 1. The second-order valence-electron chi connectivity index (χ2n) is 7.27. The van der Waals surface area contributed by atoms with Crippen molar-refractivity contribution in [3.8, 4) is 11.5 Å². The average molecular weight is 471 g/mol. The molecule has 0 aliphatic carbocycles. The summed E-state index contributed by atoms with van der Waals surface area (Å²) in [5.41, 5.74) is 2.31. The number of halogens is 1. The third-order valence-corrected chi connectivity index (χ3v) is 5.63. The number of ether oxygens (including phenoxy) is 2. The van der Waals surface area contributed by atoms with Gasteiger partial charge in [0.25, 0.3) is 0 Å². The van der Waals surface area contributed by atoms with Crippen molar-refractivity contribution in [2.24, 2.45) is 0 Å². The molecule has 9 heteroatoms. The average Bonchev–Trinajstić information content (AvgIpc) is 3.16. The number of hydrogen-bond donors (Lipinski definition) is 1. The maximum Gasteiger partial charge on any atom is 0.234 e. The zero-order valence-electron chi connectivity index (χ0n) is 18.9. The lowest BCUT2D eigenvalue weighted by atomic mass is 10.2. The number of amides is 1. The number of nitrogens with one attached hydrogen (secondary N) is 1. The molecule has 0 radical (unpaired) electrons. The number of hydrogen-bond acceptors (Lipinski definition) is 6. The van der Waals surface area contributed by atoms with Crippen molar-refractivity contribution in [3.63, 3.8) is 0 Å². The minimum atomic E-state index is -0.403. The monoisotopic (exact) mass is 470 g/mol. The van der Waals surface area contributed by atoms with Gasteiger partial charge in [0.2, 0.25) is 5.91 Å². The van der Waals surface area contributed by atoms with Crippen LogP contribution in [0.2, 0.25) is 0 Å². The van der Waals surface area contributed by atoms with Gasteiger partial charge in [-0.3, -0.25) is 9.36 Å². The Bertz CT molecular complexity index is 1130. The lowest BCUT2D eigenvalue weighted by Crippen LogP contribution is -2.16. The van der Waals surface area contributed by atoms with Crippen LogP contribution in [0.15, 0.2) is 54.2 Å². The van der Waals surface area contributed by atoms with E-state index < -0.39 is 5.82 Å². The second-order valence-corrected chi connectivity index (χ2v) is 8.21. The van der Waals surface area contributed by atoms with E-state index in [1.165, 1.54) is 23.9 Å². The molecule has 1 amide bonds. The molecule has 0 atom stereocenters. The Kier molecular flexibility index (Phi) is 8.48. The molecule has 0 unspecified atom stereocenters. The summed E-state index contributed by atoms with van der Waals surface area (Å²) in [4.78, 5) is 12.4. The molecule has 3 rings (SSSR count). The molecule has 33 heavy (non-hydrogen) atoms. The maximum atomic E-state index is 13.5. The first-order valence-corrected chi connectivity index (χ1v) is 11.5. The van der Waals surface area contributed by atoms with E-state index in [2.05, 4.69) is 22.1 Å². The molecule has 0 saturated heterocycles. The number of allylic oxidation sites excluding steroid dienone is 1. The fourth-order valence-corrected chi connectivity index (χ4v) is 3.80. The summed E-state index contributed by atoms with van der Waals surface area (Å²) >= 11 is 1.24. The number of thioether (sulfide) groups is 1. The molecular formula is C24H27FN4O3S. The summed E-state index contributed by atoms with van der Waals surface area (Å²) < 4.78 is 26.9. The number of nitrogens with zero attached hydrogens (tertiary/aromatic N) is 3. The van der Waals surface area contributed by atoms with E-state index in [4.69, 9.17) is 9.47 Å². The van der Waals surface area contributed by atoms with Gasteiger partial charge in [-0.15, -0.1) is 16.8 Å². The smallest absolute Gasteiger partial charge is 0.234 e. The van der Waals surface area contributed by atoms with E-state index >= 15 is 0 Å². The highest BCUT2D eigenvalue weighted by Gasteiger charge is 2.16. The Labute approximate surface area is 197 Å². The highest BCUT2D eigenvalue weighted by molar-refractivity contribution is 7.99. The molecular weight excluding hydrogens is 443 g/mol. The van der Waals surface area contributed by atoms with Crippen LogP contribution in [-0.4, -0.2) is 33.0 Å². The van der Waals surface area contributed by atoms with Crippen LogP contribution >= 0.6 is 11.8 Å². The van der Waals surface area contributed by atoms with Crippen LogP contribution in [0.3, 0.4) is 0 Å². The Morgan fingerprint density at radius 2 is 2.00 bits per heavy atom. The molecule has 7 nitrogen and oxygen atoms in total. The third kappa shape index (κ3) is 6.58. The van der Waals surface area contributed by atoms with Crippen LogP contribution in [0.25, 0.3) is 0 Å². The molecule has 1 aromatic heterocycles. The van der Waals surface area contributed by atoms with Gasteiger partial charge < -0.3 is 14.8 Å². The predicted octanol–water partition coefficient (Wildman–Crippen LogP) is 4.93. The Balaban J connectivity index is 1.66. The van der Waals surface area contributed by atoms with Gasteiger partial charge in [0, 0.05) is 12.2 Å². The number of aromatic nitrogens is 3. The predicted molar refractivity (Wildman–Crippen MR) is 127 cm³/mol. The van der Waals surface area contributed by atoms with Gasteiger partial charge in [0.05, 0.1) is 12.4 Å². The quantitative estimate of drug-likeness (QED) is 0.316. The molecule has 0 aliphatic heterocycles. The van der Waals surface area contributed by atoms with Crippen molar-refractivity contribution in [1.29, 1.82) is 0 Å². The normalized spacial score (nSPS) is 10.7. The second kappa shape index (κ2) is 11.5. The summed E-state index contributed by atoms with van der Waals surface area (Å²) in [5, 5.41) is 11.7. The Morgan fingerprint density at radius 3 is 2.76 bits per heavy atom. The number of benzene rings is 2. The standard InChI is InChI=1S/C24H27FN4O3S/c1-5-11-29-22(14-32-20-10-7-16(3)12-21(20)31-6-2)27-28-24(29)33-15-23(30)26-19-13-18(25)9-8-17(19)4/h5,7-10,12-13H,1,6,11,14-15H2,2-4H3,(H,26,30). The van der Waals surface area contributed by atoms with Crippen molar-refractivity contribution in [2.75, 3.05) is 17.7 Å². The van der Waals surface area contributed by atoms with E-state index in [9.17, 15) is 9.18 Å². The molecule has 0 saturated carbocycles. The van der Waals surface area contributed by atoms with Crippen molar-refractivity contribution in [2.45, 2.75) is 39.1 Å². The number of anilines is 1. The highest BCUT2D eigenvalue weighted by Crippen LogP contribution is 2.29. The van der Waals surface area contributed by atoms with Gasteiger partial charge in [-0.05, 0) is 56.2 Å². The zero-order chi connectivity index (χ0) is 23.8. The van der Waals surface area contributed by atoms with Gasteiger partial charge in [-0.25, -0.2) is 4.39 Å². The third-order valence-electron chi connectivity index (χ3n) is 4.67. The SMILES string of the molecule is C=CCn1c(COc2ccc(C)cc2OCC)nnc1SCC(=O)Nc1cc(F)ccc1C. The molecule has 3 aromatic rings. The first-order chi connectivity index (χ1) is 15.9. The van der Waals surface area contributed by atoms with E-state index in [-0.39, 0.29) is 18.3 Å². The molecule has 0 aliphatic rings. The van der Waals surface area contributed by atoms with E-state index in [1.54, 1.807) is 19.1 Å². The summed E-state index contributed by atoms with van der Waals surface area (Å²) in [6.07, 6.45) is 1.73. The minimum Gasteiger partial charge on any atom is -0.490 e. The van der Waals surface area contributed by atoms with Gasteiger partial charge >= 0.3 is 0 Å². The van der Waals surface area contributed by atoms with Crippen LogP contribution in [0.5, 0.6) is 11.5 Å². The molecule has 0 spiro atoms. The van der Waals surface area contributed by atoms with Crippen molar-refractivity contribution >= 4 is 23.4 Å². The largest absolute Gasteiger partial charge is 0.490 e.